The van der Waals surface area contributed by atoms with Crippen LogP contribution in [0.1, 0.15) is 28.5 Å². The number of aryl methyl sites for hydroxylation is 1. The van der Waals surface area contributed by atoms with Crippen LogP contribution in [0.2, 0.25) is 0 Å². The van der Waals surface area contributed by atoms with E-state index in [9.17, 15) is 9.59 Å². The predicted molar refractivity (Wildman–Crippen MR) is 105 cm³/mol. The quantitative estimate of drug-likeness (QED) is 0.411. The van der Waals surface area contributed by atoms with Gasteiger partial charge >= 0.3 is 5.97 Å². The normalized spacial score (nSPS) is 12.4. The minimum absolute atomic E-state index is 0.120. The molecule has 0 spiro atoms. The van der Waals surface area contributed by atoms with Crippen molar-refractivity contribution in [2.75, 3.05) is 0 Å². The zero-order valence-electron chi connectivity index (χ0n) is 15.2. The van der Waals surface area contributed by atoms with Crippen molar-refractivity contribution in [2.24, 2.45) is 0 Å². The van der Waals surface area contributed by atoms with Crippen LogP contribution in [0.5, 0.6) is 0 Å². The second-order valence-corrected chi connectivity index (χ2v) is 6.70. The van der Waals surface area contributed by atoms with Crippen molar-refractivity contribution in [1.82, 2.24) is 9.97 Å². The molecule has 136 valence electrons. The van der Waals surface area contributed by atoms with Gasteiger partial charge in [0.1, 0.15) is 0 Å². The molecule has 0 saturated carbocycles. The third kappa shape index (κ3) is 3.12. The lowest BCUT2D eigenvalue weighted by Gasteiger charge is -2.12. The van der Waals surface area contributed by atoms with E-state index in [1.54, 1.807) is 6.92 Å². The van der Waals surface area contributed by atoms with Crippen LogP contribution in [0.15, 0.2) is 54.7 Å². The number of hydrogen-bond donors (Lipinski definition) is 2. The maximum absolute atomic E-state index is 12.9. The summed E-state index contributed by atoms with van der Waals surface area (Å²) in [6, 6.07) is 15.4. The average molecular weight is 360 g/mol. The molecule has 0 radical (unpaired) electrons. The van der Waals surface area contributed by atoms with Gasteiger partial charge < -0.3 is 14.7 Å². The molecule has 1 atom stereocenters. The summed E-state index contributed by atoms with van der Waals surface area (Å²) < 4.78 is 5.45. The van der Waals surface area contributed by atoms with Gasteiger partial charge in [0.05, 0.1) is 6.42 Å². The van der Waals surface area contributed by atoms with E-state index >= 15 is 0 Å². The zero-order valence-corrected chi connectivity index (χ0v) is 15.2. The number of Topliss-reactive ketones (excluding diaryl/α,β-unsaturated/α-hetero) is 1. The van der Waals surface area contributed by atoms with Crippen LogP contribution in [-0.4, -0.2) is 27.8 Å². The molecule has 2 heterocycles. The summed E-state index contributed by atoms with van der Waals surface area (Å²) in [5.74, 6) is -0.615. The summed E-state index contributed by atoms with van der Waals surface area (Å²) in [5, 5.41) is 1.83. The Hall–Kier alpha value is -3.34. The monoisotopic (exact) mass is 360 g/mol. The molecule has 0 saturated heterocycles. The molecule has 2 aromatic heterocycles. The Balaban J connectivity index is 1.51. The summed E-state index contributed by atoms with van der Waals surface area (Å²) in [6.45, 7) is 3.48. The first-order chi connectivity index (χ1) is 13.0. The SMILES string of the molecule is Cc1[nH]c2ccccc2c1C(=O)C(C)OC(=O)Cc1c[nH]c2ccccc12. The third-order valence-corrected chi connectivity index (χ3v) is 4.83. The van der Waals surface area contributed by atoms with Gasteiger partial charge in [-0.3, -0.25) is 9.59 Å². The number of hydrogen-bond acceptors (Lipinski definition) is 3. The first kappa shape index (κ1) is 17.1. The van der Waals surface area contributed by atoms with Crippen LogP contribution in [-0.2, 0) is 16.0 Å². The summed E-state index contributed by atoms with van der Waals surface area (Å²) in [6.07, 6.45) is 1.08. The predicted octanol–water partition coefficient (Wildman–Crippen LogP) is 4.31. The maximum Gasteiger partial charge on any atom is 0.311 e. The molecule has 0 amide bonds. The van der Waals surface area contributed by atoms with Crippen molar-refractivity contribution < 1.29 is 14.3 Å². The van der Waals surface area contributed by atoms with Crippen molar-refractivity contribution in [1.29, 1.82) is 0 Å². The highest BCUT2D eigenvalue weighted by atomic mass is 16.5. The summed E-state index contributed by atoms with van der Waals surface area (Å²) in [4.78, 5) is 31.6. The van der Waals surface area contributed by atoms with E-state index in [0.29, 0.717) is 5.56 Å². The number of carbonyl (C=O) groups excluding carboxylic acids is 2. The number of esters is 1. The highest BCUT2D eigenvalue weighted by molar-refractivity contribution is 6.11. The number of aromatic nitrogens is 2. The van der Waals surface area contributed by atoms with Gasteiger partial charge in [-0.25, -0.2) is 0 Å². The molecule has 5 heteroatoms. The lowest BCUT2D eigenvalue weighted by atomic mass is 10.0. The largest absolute Gasteiger partial charge is 0.454 e. The van der Waals surface area contributed by atoms with Gasteiger partial charge in [-0.2, -0.15) is 0 Å². The topological polar surface area (TPSA) is 75.0 Å². The molecule has 4 aromatic rings. The highest BCUT2D eigenvalue weighted by Gasteiger charge is 2.24. The molecule has 1 unspecified atom stereocenters. The van der Waals surface area contributed by atoms with Crippen molar-refractivity contribution in [2.45, 2.75) is 26.4 Å². The number of para-hydroxylation sites is 2. The van der Waals surface area contributed by atoms with Gasteiger partial charge in [0.25, 0.3) is 0 Å². The van der Waals surface area contributed by atoms with Crippen molar-refractivity contribution in [3.63, 3.8) is 0 Å². The van der Waals surface area contributed by atoms with Crippen LogP contribution >= 0.6 is 0 Å². The molecule has 5 nitrogen and oxygen atoms in total. The third-order valence-electron chi connectivity index (χ3n) is 4.83. The number of carbonyl (C=O) groups is 2. The summed E-state index contributed by atoms with van der Waals surface area (Å²) >= 11 is 0. The molecular weight excluding hydrogens is 340 g/mol. The Labute approximate surface area is 156 Å². The summed E-state index contributed by atoms with van der Waals surface area (Å²) in [5.41, 5.74) is 4.09. The number of nitrogens with one attached hydrogen (secondary N) is 2. The number of ether oxygens (including phenoxy) is 1. The number of rotatable bonds is 5. The fraction of sp³-hybridized carbons (Fsp3) is 0.182. The molecule has 0 bridgehead atoms. The van der Waals surface area contributed by atoms with E-state index in [1.807, 2.05) is 61.7 Å². The molecule has 0 fully saturated rings. The fourth-order valence-corrected chi connectivity index (χ4v) is 3.52. The Morgan fingerprint density at radius 3 is 2.44 bits per heavy atom. The van der Waals surface area contributed by atoms with E-state index in [4.69, 9.17) is 4.74 Å². The molecular formula is C22H20N2O3. The smallest absolute Gasteiger partial charge is 0.311 e. The number of ketones is 1. The molecule has 2 N–H and O–H groups in total. The van der Waals surface area contributed by atoms with Gasteiger partial charge in [-0.1, -0.05) is 36.4 Å². The number of fused-ring (bicyclic) bond motifs is 2. The first-order valence-electron chi connectivity index (χ1n) is 8.90. The minimum Gasteiger partial charge on any atom is -0.454 e. The molecule has 0 aliphatic rings. The Morgan fingerprint density at radius 2 is 1.67 bits per heavy atom. The maximum atomic E-state index is 12.9. The second-order valence-electron chi connectivity index (χ2n) is 6.70. The molecule has 0 aliphatic heterocycles. The highest BCUT2D eigenvalue weighted by Crippen LogP contribution is 2.24. The van der Waals surface area contributed by atoms with Crippen molar-refractivity contribution >= 4 is 33.6 Å². The van der Waals surface area contributed by atoms with Crippen molar-refractivity contribution in [3.05, 3.63) is 71.5 Å². The van der Waals surface area contributed by atoms with E-state index < -0.39 is 12.1 Å². The van der Waals surface area contributed by atoms with Crippen LogP contribution in [0.25, 0.3) is 21.8 Å². The van der Waals surface area contributed by atoms with E-state index in [1.165, 1.54) is 0 Å². The number of benzene rings is 2. The lowest BCUT2D eigenvalue weighted by Crippen LogP contribution is -2.25. The summed E-state index contributed by atoms with van der Waals surface area (Å²) in [7, 11) is 0. The van der Waals surface area contributed by atoms with Crippen LogP contribution in [0.4, 0.5) is 0 Å². The lowest BCUT2D eigenvalue weighted by molar-refractivity contribution is -0.145. The Kier molecular flexibility index (Phi) is 4.28. The van der Waals surface area contributed by atoms with Gasteiger partial charge in [-0.05, 0) is 31.5 Å². The second kappa shape index (κ2) is 6.76. The van der Waals surface area contributed by atoms with Gasteiger partial charge in [0, 0.05) is 39.3 Å². The molecule has 2 aromatic carbocycles. The zero-order chi connectivity index (χ0) is 19.0. The molecule has 0 aliphatic carbocycles. The van der Waals surface area contributed by atoms with Gasteiger partial charge in [0.15, 0.2) is 6.10 Å². The fourth-order valence-electron chi connectivity index (χ4n) is 3.52. The standard InChI is InChI=1S/C22H20N2O3/c1-13-21(17-8-4-6-10-19(17)24-13)22(26)14(2)27-20(25)11-15-12-23-18-9-5-3-7-16(15)18/h3-10,12,14,23-24H,11H2,1-2H3. The number of H-pyrrole nitrogens is 2. The van der Waals surface area contributed by atoms with Crippen LogP contribution in [0.3, 0.4) is 0 Å². The Morgan fingerprint density at radius 1 is 1.00 bits per heavy atom. The molecule has 4 rings (SSSR count). The number of aromatic amines is 2. The first-order valence-corrected chi connectivity index (χ1v) is 8.90. The van der Waals surface area contributed by atoms with Crippen LogP contribution in [0, 0.1) is 6.92 Å². The van der Waals surface area contributed by atoms with Gasteiger partial charge in [-0.15, -0.1) is 0 Å². The van der Waals surface area contributed by atoms with E-state index in [2.05, 4.69) is 9.97 Å². The minimum atomic E-state index is -0.847. The molecule has 27 heavy (non-hydrogen) atoms. The van der Waals surface area contributed by atoms with Gasteiger partial charge in [0.2, 0.25) is 5.78 Å². The van der Waals surface area contributed by atoms with E-state index in [0.717, 1.165) is 33.1 Å². The van der Waals surface area contributed by atoms with Crippen LogP contribution < -0.4 is 0 Å². The Bertz CT molecular complexity index is 1150. The average Bonchev–Trinajstić information content (AvgIpc) is 3.21. The van der Waals surface area contributed by atoms with Crippen molar-refractivity contribution in [3.8, 4) is 0 Å². The van der Waals surface area contributed by atoms with E-state index in [-0.39, 0.29) is 12.2 Å².